The van der Waals surface area contributed by atoms with Crippen LogP contribution in [0.1, 0.15) is 10.4 Å². The first kappa shape index (κ1) is 13.6. The number of phenolic OH excluding ortho intramolecular Hbond substituents is 1. The summed E-state index contributed by atoms with van der Waals surface area (Å²) < 4.78 is 10.8. The van der Waals surface area contributed by atoms with Gasteiger partial charge in [-0.15, -0.1) is 0 Å². The highest BCUT2D eigenvalue weighted by Gasteiger charge is 2.16. The number of hydrogen-bond donors (Lipinski definition) is 2. The zero-order valence-electron chi connectivity index (χ0n) is 10.9. The number of aromatic hydroxyl groups is 1. The van der Waals surface area contributed by atoms with Crippen molar-refractivity contribution >= 4 is 23.2 Å². The number of benzene rings is 2. The van der Waals surface area contributed by atoms with E-state index in [-0.39, 0.29) is 17.3 Å². The minimum absolute atomic E-state index is 0.0507. The second-order valence-corrected chi connectivity index (χ2v) is 4.91. The van der Waals surface area contributed by atoms with Gasteiger partial charge in [0.1, 0.15) is 19.0 Å². The average Bonchev–Trinajstić information content (AvgIpc) is 2.50. The molecule has 108 valence electrons. The second-order valence-electron chi connectivity index (χ2n) is 4.47. The summed E-state index contributed by atoms with van der Waals surface area (Å²) in [4.78, 5) is 12.2. The van der Waals surface area contributed by atoms with E-state index >= 15 is 0 Å². The smallest absolute Gasteiger partial charge is 0.255 e. The molecule has 0 fully saturated rings. The van der Waals surface area contributed by atoms with Crippen molar-refractivity contribution in [1.29, 1.82) is 0 Å². The summed E-state index contributed by atoms with van der Waals surface area (Å²) in [5, 5.41) is 12.7. The van der Waals surface area contributed by atoms with Crippen LogP contribution in [0.3, 0.4) is 0 Å². The van der Waals surface area contributed by atoms with Crippen molar-refractivity contribution in [2.45, 2.75) is 0 Å². The highest BCUT2D eigenvalue weighted by Crippen LogP contribution is 2.32. The number of halogens is 1. The predicted octanol–water partition coefficient (Wildman–Crippen LogP) is 3.07. The summed E-state index contributed by atoms with van der Waals surface area (Å²) >= 11 is 5.84. The predicted molar refractivity (Wildman–Crippen MR) is 78.5 cm³/mol. The highest BCUT2D eigenvalue weighted by atomic mass is 35.5. The van der Waals surface area contributed by atoms with E-state index < -0.39 is 0 Å². The molecule has 2 N–H and O–H groups in total. The maximum atomic E-state index is 12.2. The van der Waals surface area contributed by atoms with E-state index in [1.54, 1.807) is 18.2 Å². The molecule has 0 bridgehead atoms. The summed E-state index contributed by atoms with van der Waals surface area (Å²) in [6.45, 7) is 0.947. The number of fused-ring (bicyclic) bond motifs is 1. The number of ether oxygens (including phenoxy) is 2. The van der Waals surface area contributed by atoms with Gasteiger partial charge in [0.25, 0.3) is 5.91 Å². The van der Waals surface area contributed by atoms with E-state index in [2.05, 4.69) is 5.32 Å². The molecule has 6 heteroatoms. The molecule has 0 unspecified atom stereocenters. The SMILES string of the molecule is O=C(Nc1cc(Cl)ccc1O)c1ccc2c(c1)OCCO2. The molecule has 0 atom stereocenters. The summed E-state index contributed by atoms with van der Waals surface area (Å²) in [7, 11) is 0. The van der Waals surface area contributed by atoms with Crippen LogP contribution >= 0.6 is 11.6 Å². The van der Waals surface area contributed by atoms with Crippen molar-refractivity contribution in [1.82, 2.24) is 0 Å². The van der Waals surface area contributed by atoms with Crippen LogP contribution in [0, 0.1) is 0 Å². The van der Waals surface area contributed by atoms with Crippen LogP contribution in [0.2, 0.25) is 5.02 Å². The van der Waals surface area contributed by atoms with Gasteiger partial charge < -0.3 is 19.9 Å². The van der Waals surface area contributed by atoms with Crippen LogP contribution in [0.25, 0.3) is 0 Å². The number of anilines is 1. The van der Waals surface area contributed by atoms with Gasteiger partial charge in [-0.05, 0) is 36.4 Å². The Morgan fingerprint density at radius 2 is 1.86 bits per heavy atom. The van der Waals surface area contributed by atoms with Crippen LogP contribution in [-0.4, -0.2) is 24.2 Å². The monoisotopic (exact) mass is 305 g/mol. The lowest BCUT2D eigenvalue weighted by atomic mass is 10.1. The minimum Gasteiger partial charge on any atom is -0.506 e. The molecule has 0 saturated heterocycles. The van der Waals surface area contributed by atoms with Gasteiger partial charge in [0.2, 0.25) is 0 Å². The first-order valence-electron chi connectivity index (χ1n) is 6.33. The molecule has 2 aromatic rings. The maximum absolute atomic E-state index is 12.2. The van der Waals surface area contributed by atoms with Gasteiger partial charge in [-0.25, -0.2) is 0 Å². The van der Waals surface area contributed by atoms with Gasteiger partial charge in [0.05, 0.1) is 5.69 Å². The number of phenols is 1. The van der Waals surface area contributed by atoms with Crippen molar-refractivity contribution in [3.8, 4) is 17.2 Å². The molecule has 1 aliphatic rings. The zero-order chi connectivity index (χ0) is 14.8. The van der Waals surface area contributed by atoms with Gasteiger partial charge >= 0.3 is 0 Å². The lowest BCUT2D eigenvalue weighted by Gasteiger charge is -2.18. The fourth-order valence-corrected chi connectivity index (χ4v) is 2.16. The molecule has 2 aromatic carbocycles. The van der Waals surface area contributed by atoms with E-state index in [4.69, 9.17) is 21.1 Å². The average molecular weight is 306 g/mol. The van der Waals surface area contributed by atoms with Crippen molar-refractivity contribution in [2.75, 3.05) is 18.5 Å². The van der Waals surface area contributed by atoms with Crippen LogP contribution in [-0.2, 0) is 0 Å². The minimum atomic E-state index is -0.371. The third-order valence-corrected chi connectivity index (χ3v) is 3.25. The molecule has 0 radical (unpaired) electrons. The molecular formula is C15H12ClNO4. The van der Waals surface area contributed by atoms with Gasteiger partial charge in [-0.1, -0.05) is 11.6 Å². The highest BCUT2D eigenvalue weighted by molar-refractivity contribution is 6.31. The van der Waals surface area contributed by atoms with Gasteiger partial charge in [-0.2, -0.15) is 0 Å². The van der Waals surface area contributed by atoms with E-state index in [9.17, 15) is 9.90 Å². The van der Waals surface area contributed by atoms with Crippen molar-refractivity contribution in [2.24, 2.45) is 0 Å². The third kappa shape index (κ3) is 2.87. The third-order valence-electron chi connectivity index (χ3n) is 3.01. The first-order chi connectivity index (χ1) is 10.1. The summed E-state index contributed by atoms with van der Waals surface area (Å²) in [5.74, 6) is 0.724. The lowest BCUT2D eigenvalue weighted by molar-refractivity contribution is 0.102. The molecule has 1 amide bonds. The Hall–Kier alpha value is -2.40. The van der Waals surface area contributed by atoms with E-state index in [1.165, 1.54) is 18.2 Å². The van der Waals surface area contributed by atoms with E-state index in [0.29, 0.717) is 35.3 Å². The number of hydrogen-bond acceptors (Lipinski definition) is 4. The molecule has 0 aliphatic carbocycles. The molecular weight excluding hydrogens is 294 g/mol. The zero-order valence-corrected chi connectivity index (χ0v) is 11.7. The number of nitrogens with one attached hydrogen (secondary N) is 1. The lowest BCUT2D eigenvalue weighted by Crippen LogP contribution is -2.17. The Morgan fingerprint density at radius 3 is 2.67 bits per heavy atom. The van der Waals surface area contributed by atoms with Gasteiger partial charge in [-0.3, -0.25) is 4.79 Å². The Morgan fingerprint density at radius 1 is 1.10 bits per heavy atom. The molecule has 21 heavy (non-hydrogen) atoms. The molecule has 1 heterocycles. The standard InChI is InChI=1S/C15H12ClNO4/c16-10-2-3-12(18)11(8-10)17-15(19)9-1-4-13-14(7-9)21-6-5-20-13/h1-4,7-8,18H,5-6H2,(H,17,19). The Kier molecular flexibility index (Phi) is 3.58. The van der Waals surface area contributed by atoms with Crippen molar-refractivity contribution < 1.29 is 19.4 Å². The van der Waals surface area contributed by atoms with Crippen LogP contribution in [0.15, 0.2) is 36.4 Å². The maximum Gasteiger partial charge on any atom is 0.255 e. The van der Waals surface area contributed by atoms with Crippen LogP contribution < -0.4 is 14.8 Å². The summed E-state index contributed by atoms with van der Waals surface area (Å²) in [5.41, 5.74) is 0.654. The molecule has 3 rings (SSSR count). The molecule has 0 aromatic heterocycles. The number of amides is 1. The largest absolute Gasteiger partial charge is 0.506 e. The van der Waals surface area contributed by atoms with Crippen LogP contribution in [0.5, 0.6) is 17.2 Å². The Labute approximate surface area is 126 Å². The normalized spacial score (nSPS) is 12.8. The number of rotatable bonds is 2. The van der Waals surface area contributed by atoms with E-state index in [1.807, 2.05) is 0 Å². The topological polar surface area (TPSA) is 67.8 Å². The van der Waals surface area contributed by atoms with Crippen molar-refractivity contribution in [3.63, 3.8) is 0 Å². The molecule has 5 nitrogen and oxygen atoms in total. The first-order valence-corrected chi connectivity index (χ1v) is 6.71. The quantitative estimate of drug-likeness (QED) is 0.837. The molecule has 0 spiro atoms. The Bertz CT molecular complexity index is 702. The number of carbonyl (C=O) groups is 1. The fraction of sp³-hybridized carbons (Fsp3) is 0.133. The number of carbonyl (C=O) groups excluding carboxylic acids is 1. The van der Waals surface area contributed by atoms with Gasteiger partial charge in [0, 0.05) is 10.6 Å². The van der Waals surface area contributed by atoms with Gasteiger partial charge in [0.15, 0.2) is 11.5 Å². The molecule has 1 aliphatic heterocycles. The second kappa shape index (κ2) is 5.54. The fourth-order valence-electron chi connectivity index (χ4n) is 1.99. The molecule has 0 saturated carbocycles. The van der Waals surface area contributed by atoms with Crippen LogP contribution in [0.4, 0.5) is 5.69 Å². The van der Waals surface area contributed by atoms with E-state index in [0.717, 1.165) is 0 Å². The summed E-state index contributed by atoms with van der Waals surface area (Å²) in [6.07, 6.45) is 0. The Balaban J connectivity index is 1.83. The van der Waals surface area contributed by atoms with Crippen molar-refractivity contribution in [3.05, 3.63) is 47.0 Å². The summed E-state index contributed by atoms with van der Waals surface area (Å²) in [6, 6.07) is 9.35.